The Labute approximate surface area is 156 Å². The van der Waals surface area contributed by atoms with Gasteiger partial charge in [0.1, 0.15) is 5.82 Å². The molecule has 9 heteroatoms. The van der Waals surface area contributed by atoms with Crippen LogP contribution in [0.5, 0.6) is 0 Å². The normalized spacial score (nSPS) is 12.5. The molecular weight excluding hydrogens is 383 g/mol. The minimum Gasteiger partial charge on any atom is -0.394 e. The van der Waals surface area contributed by atoms with Crippen LogP contribution < -0.4 is 10.0 Å². The van der Waals surface area contributed by atoms with E-state index in [4.69, 9.17) is 11.6 Å². The molecule has 0 bridgehead atoms. The van der Waals surface area contributed by atoms with Crippen molar-refractivity contribution in [1.82, 2.24) is 5.32 Å². The highest BCUT2D eigenvalue weighted by Crippen LogP contribution is 2.22. The summed E-state index contributed by atoms with van der Waals surface area (Å²) in [6.07, 6.45) is 1.01. The molecule has 0 aliphatic carbocycles. The van der Waals surface area contributed by atoms with Crippen LogP contribution in [0.2, 0.25) is 5.02 Å². The van der Waals surface area contributed by atoms with Crippen molar-refractivity contribution < 1.29 is 22.7 Å². The molecule has 2 aromatic carbocycles. The highest BCUT2D eigenvalue weighted by atomic mass is 35.5. The molecule has 0 aromatic heterocycles. The van der Waals surface area contributed by atoms with E-state index in [0.29, 0.717) is 11.1 Å². The van der Waals surface area contributed by atoms with Gasteiger partial charge < -0.3 is 10.4 Å². The lowest BCUT2D eigenvalue weighted by atomic mass is 10.1. The third kappa shape index (κ3) is 5.17. The molecule has 0 aliphatic rings. The third-order valence-corrected chi connectivity index (χ3v) is 4.53. The summed E-state index contributed by atoms with van der Waals surface area (Å²) in [7, 11) is -3.50. The van der Waals surface area contributed by atoms with Crippen LogP contribution in [0.1, 0.15) is 27.5 Å². The number of carbonyl (C=O) groups is 1. The number of aliphatic hydroxyl groups excluding tert-OH is 1. The first-order valence-electron chi connectivity index (χ1n) is 7.56. The molecule has 0 aliphatic heterocycles. The van der Waals surface area contributed by atoms with Gasteiger partial charge in [-0.05, 0) is 42.3 Å². The van der Waals surface area contributed by atoms with Gasteiger partial charge in [-0.25, -0.2) is 12.8 Å². The van der Waals surface area contributed by atoms with Crippen LogP contribution in [0.25, 0.3) is 0 Å². The van der Waals surface area contributed by atoms with E-state index < -0.39 is 34.4 Å². The molecule has 0 radical (unpaired) electrons. The number of halogens is 2. The number of hydrogen-bond acceptors (Lipinski definition) is 4. The summed E-state index contributed by atoms with van der Waals surface area (Å²) < 4.78 is 38.8. The van der Waals surface area contributed by atoms with Crippen molar-refractivity contribution >= 4 is 33.2 Å². The first-order chi connectivity index (χ1) is 12.1. The number of nitrogens with one attached hydrogen (secondary N) is 2. The van der Waals surface area contributed by atoms with Crippen molar-refractivity contribution in [3.63, 3.8) is 0 Å². The Morgan fingerprint density at radius 3 is 2.54 bits per heavy atom. The zero-order chi connectivity index (χ0) is 19.5. The Balaban J connectivity index is 2.25. The van der Waals surface area contributed by atoms with Crippen molar-refractivity contribution in [1.29, 1.82) is 0 Å². The summed E-state index contributed by atoms with van der Waals surface area (Å²) in [6, 6.07) is 7.63. The number of sulfonamides is 1. The van der Waals surface area contributed by atoms with Crippen LogP contribution in [-0.2, 0) is 10.0 Å². The van der Waals surface area contributed by atoms with Gasteiger partial charge in [-0.3, -0.25) is 9.52 Å². The summed E-state index contributed by atoms with van der Waals surface area (Å²) in [6.45, 7) is 1.25. The topological polar surface area (TPSA) is 95.5 Å². The molecule has 0 fully saturated rings. The van der Waals surface area contributed by atoms with E-state index in [9.17, 15) is 22.7 Å². The number of amides is 1. The fourth-order valence-electron chi connectivity index (χ4n) is 2.28. The van der Waals surface area contributed by atoms with Gasteiger partial charge in [0, 0.05) is 5.56 Å². The number of aliphatic hydroxyl groups is 1. The molecule has 1 amide bonds. The Morgan fingerprint density at radius 1 is 1.27 bits per heavy atom. The summed E-state index contributed by atoms with van der Waals surface area (Å²) in [4.78, 5) is 12.4. The summed E-state index contributed by atoms with van der Waals surface area (Å²) in [5.41, 5.74) is 1.46. The Morgan fingerprint density at radius 2 is 1.96 bits per heavy atom. The molecule has 6 nitrogen and oxygen atoms in total. The lowest BCUT2D eigenvalue weighted by Gasteiger charge is -2.18. The van der Waals surface area contributed by atoms with E-state index >= 15 is 0 Å². The molecule has 3 N–H and O–H groups in total. The van der Waals surface area contributed by atoms with Gasteiger partial charge in [0.05, 0.1) is 29.6 Å². The molecule has 0 saturated carbocycles. The number of carbonyl (C=O) groups excluding carboxylic acids is 1. The molecule has 2 rings (SSSR count). The highest BCUT2D eigenvalue weighted by molar-refractivity contribution is 7.92. The average Bonchev–Trinajstić information content (AvgIpc) is 2.55. The minimum atomic E-state index is -3.50. The lowest BCUT2D eigenvalue weighted by molar-refractivity contribution is 0.0916. The van der Waals surface area contributed by atoms with Crippen LogP contribution in [0.4, 0.5) is 10.1 Å². The minimum absolute atomic E-state index is 0.0632. The SMILES string of the molecule is Cc1ccc(C(=O)NC(CO)c2ccc(Cl)c(F)c2)cc1NS(C)(=O)=O. The molecule has 0 spiro atoms. The fraction of sp³-hybridized carbons (Fsp3) is 0.235. The number of benzene rings is 2. The summed E-state index contributed by atoms with van der Waals surface area (Å²) in [5, 5.41) is 12.0. The zero-order valence-electron chi connectivity index (χ0n) is 14.1. The first-order valence-corrected chi connectivity index (χ1v) is 9.83. The molecule has 26 heavy (non-hydrogen) atoms. The van der Waals surface area contributed by atoms with Crippen molar-refractivity contribution in [3.8, 4) is 0 Å². The lowest BCUT2D eigenvalue weighted by Crippen LogP contribution is -2.31. The molecule has 0 saturated heterocycles. The average molecular weight is 401 g/mol. The van der Waals surface area contributed by atoms with Gasteiger partial charge in [-0.2, -0.15) is 0 Å². The molecule has 1 unspecified atom stereocenters. The smallest absolute Gasteiger partial charge is 0.251 e. The van der Waals surface area contributed by atoms with Gasteiger partial charge in [-0.1, -0.05) is 23.7 Å². The molecule has 140 valence electrons. The second-order valence-corrected chi connectivity index (χ2v) is 7.94. The van der Waals surface area contributed by atoms with Crippen molar-refractivity contribution in [2.45, 2.75) is 13.0 Å². The first kappa shape index (κ1) is 20.2. The predicted molar refractivity (Wildman–Crippen MR) is 98.3 cm³/mol. The number of aryl methyl sites for hydroxylation is 1. The van der Waals surface area contributed by atoms with Crippen LogP contribution in [0, 0.1) is 12.7 Å². The van der Waals surface area contributed by atoms with Crippen LogP contribution in [0.15, 0.2) is 36.4 Å². The third-order valence-electron chi connectivity index (χ3n) is 3.63. The molecule has 2 aromatic rings. The maximum absolute atomic E-state index is 13.6. The van der Waals surface area contributed by atoms with Gasteiger partial charge >= 0.3 is 0 Å². The Bertz CT molecular complexity index is 934. The highest BCUT2D eigenvalue weighted by Gasteiger charge is 2.17. The number of anilines is 1. The van der Waals surface area contributed by atoms with E-state index in [0.717, 1.165) is 12.3 Å². The van der Waals surface area contributed by atoms with Gasteiger partial charge in [0.15, 0.2) is 0 Å². The largest absolute Gasteiger partial charge is 0.394 e. The van der Waals surface area contributed by atoms with E-state index in [1.54, 1.807) is 13.0 Å². The maximum atomic E-state index is 13.6. The van der Waals surface area contributed by atoms with Gasteiger partial charge in [0.2, 0.25) is 10.0 Å². The van der Waals surface area contributed by atoms with E-state index in [1.807, 2.05) is 0 Å². The van der Waals surface area contributed by atoms with E-state index in [2.05, 4.69) is 10.0 Å². The monoisotopic (exact) mass is 400 g/mol. The van der Waals surface area contributed by atoms with Crippen LogP contribution >= 0.6 is 11.6 Å². The second-order valence-electron chi connectivity index (χ2n) is 5.79. The standard InChI is InChI=1S/C17H18ClFN2O4S/c1-10-3-4-12(8-15(10)21-26(2,24)25)17(23)20-16(9-22)11-5-6-13(18)14(19)7-11/h3-8,16,21-22H,9H2,1-2H3,(H,20,23). The maximum Gasteiger partial charge on any atom is 0.251 e. The van der Waals surface area contributed by atoms with E-state index in [-0.39, 0.29) is 16.3 Å². The fourth-order valence-corrected chi connectivity index (χ4v) is 3.01. The van der Waals surface area contributed by atoms with Gasteiger partial charge in [0.25, 0.3) is 5.91 Å². The number of hydrogen-bond donors (Lipinski definition) is 3. The van der Waals surface area contributed by atoms with Crippen LogP contribution in [0.3, 0.4) is 0 Å². The Kier molecular flexibility index (Phi) is 6.22. The van der Waals surface area contributed by atoms with Crippen molar-refractivity contribution in [3.05, 3.63) is 63.9 Å². The van der Waals surface area contributed by atoms with Crippen LogP contribution in [-0.4, -0.2) is 32.3 Å². The molecule has 1 atom stereocenters. The van der Waals surface area contributed by atoms with Crippen molar-refractivity contribution in [2.75, 3.05) is 17.6 Å². The summed E-state index contributed by atoms with van der Waals surface area (Å²) in [5.74, 6) is -1.21. The molecular formula is C17H18ClFN2O4S. The molecule has 0 heterocycles. The van der Waals surface area contributed by atoms with Gasteiger partial charge in [-0.15, -0.1) is 0 Å². The second kappa shape index (κ2) is 8.03. The number of rotatable bonds is 6. The Hall–Kier alpha value is -2.16. The zero-order valence-corrected chi connectivity index (χ0v) is 15.7. The van der Waals surface area contributed by atoms with Crippen molar-refractivity contribution in [2.24, 2.45) is 0 Å². The van der Waals surface area contributed by atoms with E-state index in [1.165, 1.54) is 24.3 Å². The predicted octanol–water partition coefficient (Wildman–Crippen LogP) is 2.62. The quantitative estimate of drug-likeness (QED) is 0.694. The summed E-state index contributed by atoms with van der Waals surface area (Å²) >= 11 is 5.63.